The van der Waals surface area contributed by atoms with Crippen LogP contribution < -0.4 is 4.80 Å². The van der Waals surface area contributed by atoms with Crippen molar-refractivity contribution in [1.29, 1.82) is 0 Å². The summed E-state index contributed by atoms with van der Waals surface area (Å²) < 4.78 is 2.15. The molecule has 90 valence electrons. The predicted molar refractivity (Wildman–Crippen MR) is 74.0 cm³/mol. The monoisotopic (exact) mass is 266 g/mol. The smallest absolute Gasteiger partial charge is 0.189 e. The van der Waals surface area contributed by atoms with E-state index >= 15 is 0 Å². The van der Waals surface area contributed by atoms with Crippen LogP contribution in [0.15, 0.2) is 34.8 Å². The molecule has 2 aromatic rings. The summed E-state index contributed by atoms with van der Waals surface area (Å²) in [6.45, 7) is 5.18. The highest BCUT2D eigenvalue weighted by Gasteiger charge is 2.00. The highest BCUT2D eigenvalue weighted by Crippen LogP contribution is 2.25. The van der Waals surface area contributed by atoms with E-state index < -0.39 is 0 Å². The number of hydrogen-bond acceptors (Lipinski definition) is 2. The average Bonchev–Trinajstić information content (AvgIpc) is 2.71. The number of nitrogens with zero attached hydrogens (tertiary/aromatic N) is 2. The van der Waals surface area contributed by atoms with Crippen molar-refractivity contribution in [2.75, 3.05) is 0 Å². The van der Waals surface area contributed by atoms with Crippen LogP contribution in [0.3, 0.4) is 0 Å². The summed E-state index contributed by atoms with van der Waals surface area (Å²) in [6, 6.07) is 5.94. The van der Waals surface area contributed by atoms with Gasteiger partial charge in [-0.15, -0.1) is 11.3 Å². The van der Waals surface area contributed by atoms with E-state index in [-0.39, 0.29) is 0 Å². The molecule has 0 radical (unpaired) electrons. The van der Waals surface area contributed by atoms with Gasteiger partial charge >= 0.3 is 0 Å². The molecule has 2 nitrogen and oxygen atoms in total. The van der Waals surface area contributed by atoms with Crippen LogP contribution in [0, 0.1) is 6.92 Å². The minimum absolute atomic E-state index is 0.710. The quantitative estimate of drug-likeness (QED) is 0.794. The first kappa shape index (κ1) is 12.4. The zero-order valence-electron chi connectivity index (χ0n) is 9.98. The Bertz CT molecular complexity index is 569. The number of benzene rings is 1. The molecule has 0 saturated carbocycles. The SMILES string of the molecule is CCCn1ccsc1=Nc1ccc(C)cc1Cl. The Kier molecular flexibility index (Phi) is 4.02. The Balaban J connectivity index is 2.44. The molecule has 2 rings (SSSR count). The van der Waals surface area contributed by atoms with Gasteiger partial charge in [-0.3, -0.25) is 0 Å². The molecule has 0 aliphatic rings. The van der Waals surface area contributed by atoms with Gasteiger partial charge in [0.1, 0.15) is 0 Å². The first-order valence-electron chi connectivity index (χ1n) is 5.65. The standard InChI is InChI=1S/C13H15ClN2S/c1-3-6-16-7-8-17-13(16)15-12-5-4-10(2)9-11(12)14/h4-5,7-9H,3,6H2,1-2H3. The van der Waals surface area contributed by atoms with Gasteiger partial charge in [-0.05, 0) is 31.0 Å². The molecule has 1 heterocycles. The maximum atomic E-state index is 6.18. The number of hydrogen-bond donors (Lipinski definition) is 0. The lowest BCUT2D eigenvalue weighted by Gasteiger charge is -2.01. The number of aryl methyl sites for hydroxylation is 2. The Labute approximate surface area is 110 Å². The van der Waals surface area contributed by atoms with Crippen molar-refractivity contribution in [1.82, 2.24) is 4.57 Å². The van der Waals surface area contributed by atoms with E-state index in [0.29, 0.717) is 5.02 Å². The average molecular weight is 267 g/mol. The second-order valence-corrected chi connectivity index (χ2v) is 5.23. The summed E-state index contributed by atoms with van der Waals surface area (Å²) in [6.07, 6.45) is 3.17. The summed E-state index contributed by atoms with van der Waals surface area (Å²) in [4.78, 5) is 5.61. The van der Waals surface area contributed by atoms with Crippen molar-refractivity contribution in [2.45, 2.75) is 26.8 Å². The second kappa shape index (κ2) is 5.52. The topological polar surface area (TPSA) is 17.3 Å². The van der Waals surface area contributed by atoms with Gasteiger partial charge in [0.25, 0.3) is 0 Å². The number of thiazole rings is 1. The lowest BCUT2D eigenvalue weighted by molar-refractivity contribution is 0.661. The van der Waals surface area contributed by atoms with Gasteiger partial charge < -0.3 is 4.57 Å². The zero-order chi connectivity index (χ0) is 12.3. The number of halogens is 1. The van der Waals surface area contributed by atoms with E-state index in [1.54, 1.807) is 11.3 Å². The molecule has 1 aromatic carbocycles. The van der Waals surface area contributed by atoms with Crippen LogP contribution in [-0.4, -0.2) is 4.57 Å². The Hall–Kier alpha value is -1.06. The highest BCUT2D eigenvalue weighted by molar-refractivity contribution is 7.07. The van der Waals surface area contributed by atoms with Crippen molar-refractivity contribution in [3.8, 4) is 0 Å². The largest absolute Gasteiger partial charge is 0.324 e. The van der Waals surface area contributed by atoms with Gasteiger partial charge in [0.2, 0.25) is 0 Å². The molecule has 0 amide bonds. The molecule has 0 aliphatic carbocycles. The summed E-state index contributed by atoms with van der Waals surface area (Å²) in [7, 11) is 0. The molecule has 0 saturated heterocycles. The van der Waals surface area contributed by atoms with Crippen LogP contribution >= 0.6 is 22.9 Å². The van der Waals surface area contributed by atoms with Crippen LogP contribution in [0.25, 0.3) is 0 Å². The van der Waals surface area contributed by atoms with Crippen molar-refractivity contribution in [3.63, 3.8) is 0 Å². The van der Waals surface area contributed by atoms with E-state index in [0.717, 1.165) is 29.0 Å². The Morgan fingerprint density at radius 1 is 1.41 bits per heavy atom. The summed E-state index contributed by atoms with van der Waals surface area (Å²) >= 11 is 7.81. The maximum absolute atomic E-state index is 6.18. The fraction of sp³-hybridized carbons (Fsp3) is 0.308. The van der Waals surface area contributed by atoms with E-state index in [1.807, 2.05) is 25.1 Å². The third-order valence-corrected chi connectivity index (χ3v) is 3.54. The van der Waals surface area contributed by atoms with Gasteiger partial charge in [0, 0.05) is 18.1 Å². The molecule has 0 aliphatic heterocycles. The molecule has 1 aromatic heterocycles. The molecule has 0 spiro atoms. The van der Waals surface area contributed by atoms with E-state index in [2.05, 4.69) is 28.1 Å². The van der Waals surface area contributed by atoms with Crippen molar-refractivity contribution >= 4 is 28.6 Å². The van der Waals surface area contributed by atoms with Crippen molar-refractivity contribution < 1.29 is 0 Å². The van der Waals surface area contributed by atoms with Crippen LogP contribution in [0.1, 0.15) is 18.9 Å². The molecular formula is C13H15ClN2S. The fourth-order valence-corrected chi connectivity index (χ4v) is 2.65. The van der Waals surface area contributed by atoms with Crippen LogP contribution in [0.4, 0.5) is 5.69 Å². The first-order valence-corrected chi connectivity index (χ1v) is 6.91. The number of aromatic nitrogens is 1. The highest BCUT2D eigenvalue weighted by atomic mass is 35.5. The third-order valence-electron chi connectivity index (χ3n) is 2.44. The molecule has 0 N–H and O–H groups in total. The molecule has 4 heteroatoms. The molecular weight excluding hydrogens is 252 g/mol. The van der Waals surface area contributed by atoms with E-state index in [4.69, 9.17) is 11.6 Å². The fourth-order valence-electron chi connectivity index (χ4n) is 1.60. The van der Waals surface area contributed by atoms with Crippen LogP contribution in [0.2, 0.25) is 5.02 Å². The van der Waals surface area contributed by atoms with E-state index in [1.165, 1.54) is 0 Å². The molecule has 0 bridgehead atoms. The minimum atomic E-state index is 0.710. The summed E-state index contributed by atoms with van der Waals surface area (Å²) in [5.74, 6) is 0. The van der Waals surface area contributed by atoms with Gasteiger partial charge in [-0.25, -0.2) is 4.99 Å². The zero-order valence-corrected chi connectivity index (χ0v) is 11.6. The third kappa shape index (κ3) is 2.99. The van der Waals surface area contributed by atoms with Gasteiger partial charge in [-0.1, -0.05) is 24.6 Å². The van der Waals surface area contributed by atoms with Crippen molar-refractivity contribution in [3.05, 3.63) is 45.2 Å². The van der Waals surface area contributed by atoms with Crippen LogP contribution in [-0.2, 0) is 6.54 Å². The van der Waals surface area contributed by atoms with Crippen molar-refractivity contribution in [2.24, 2.45) is 4.99 Å². The lowest BCUT2D eigenvalue weighted by atomic mass is 10.2. The van der Waals surface area contributed by atoms with Gasteiger partial charge in [-0.2, -0.15) is 0 Å². The summed E-state index contributed by atoms with van der Waals surface area (Å²) in [5.41, 5.74) is 1.99. The molecule has 0 atom stereocenters. The molecule has 17 heavy (non-hydrogen) atoms. The van der Waals surface area contributed by atoms with Gasteiger partial charge in [0.05, 0.1) is 10.7 Å². The Morgan fingerprint density at radius 2 is 2.24 bits per heavy atom. The van der Waals surface area contributed by atoms with Gasteiger partial charge in [0.15, 0.2) is 4.80 Å². The number of rotatable bonds is 3. The van der Waals surface area contributed by atoms with Crippen LogP contribution in [0.5, 0.6) is 0 Å². The minimum Gasteiger partial charge on any atom is -0.324 e. The Morgan fingerprint density at radius 3 is 2.94 bits per heavy atom. The normalized spacial score (nSPS) is 12.1. The molecule has 0 fully saturated rings. The van der Waals surface area contributed by atoms with E-state index in [9.17, 15) is 0 Å². The second-order valence-electron chi connectivity index (χ2n) is 3.95. The lowest BCUT2D eigenvalue weighted by Crippen LogP contribution is -2.12. The summed E-state index contributed by atoms with van der Waals surface area (Å²) in [5, 5.41) is 2.76. The predicted octanol–water partition coefficient (Wildman–Crippen LogP) is 4.15. The maximum Gasteiger partial charge on any atom is 0.189 e. The molecule has 0 unspecified atom stereocenters. The first-order chi connectivity index (χ1) is 8.20.